The molecule has 1 aromatic heterocycles. The lowest BCUT2D eigenvalue weighted by atomic mass is 10.1. The first-order valence-electron chi connectivity index (χ1n) is 5.96. The molecule has 1 fully saturated rings. The summed E-state index contributed by atoms with van der Waals surface area (Å²) in [6.45, 7) is 5.71. The molecule has 0 aromatic carbocycles. The van der Waals surface area contributed by atoms with E-state index in [1.165, 1.54) is 0 Å². The van der Waals surface area contributed by atoms with Crippen molar-refractivity contribution < 1.29 is 4.74 Å². The summed E-state index contributed by atoms with van der Waals surface area (Å²) in [5.41, 5.74) is 1.09. The molecule has 1 unspecified atom stereocenters. The van der Waals surface area contributed by atoms with Crippen molar-refractivity contribution >= 4 is 5.82 Å². The van der Waals surface area contributed by atoms with Crippen LogP contribution in [0.4, 0.5) is 5.82 Å². The number of hydrogen-bond acceptors (Lipinski definition) is 4. The zero-order valence-corrected chi connectivity index (χ0v) is 9.99. The molecule has 1 aliphatic heterocycles. The second-order valence-corrected chi connectivity index (χ2v) is 4.20. The van der Waals surface area contributed by atoms with Gasteiger partial charge in [0, 0.05) is 18.4 Å². The Morgan fingerprint density at radius 2 is 2.38 bits per heavy atom. The van der Waals surface area contributed by atoms with Crippen LogP contribution in [-0.2, 0) is 11.2 Å². The second-order valence-electron chi connectivity index (χ2n) is 4.20. The molecule has 4 heteroatoms. The lowest BCUT2D eigenvalue weighted by Gasteiger charge is -2.23. The Balaban J connectivity index is 2.04. The molecular weight excluding hydrogens is 202 g/mol. The molecule has 0 radical (unpaired) electrons. The summed E-state index contributed by atoms with van der Waals surface area (Å²) >= 11 is 0. The van der Waals surface area contributed by atoms with Gasteiger partial charge in [0.25, 0.3) is 0 Å². The third-order valence-corrected chi connectivity index (χ3v) is 2.77. The van der Waals surface area contributed by atoms with E-state index in [1.807, 2.05) is 13.0 Å². The molecule has 0 bridgehead atoms. The maximum atomic E-state index is 5.44. The molecular formula is C12H19N3O. The van der Waals surface area contributed by atoms with Crippen molar-refractivity contribution in [3.8, 4) is 0 Å². The van der Waals surface area contributed by atoms with Crippen molar-refractivity contribution in [3.63, 3.8) is 0 Å². The summed E-state index contributed by atoms with van der Waals surface area (Å²) in [6, 6.07) is 2.43. The molecule has 1 aliphatic rings. The number of hydrogen-bond donors (Lipinski definition) is 1. The third kappa shape index (κ3) is 2.92. The average molecular weight is 221 g/mol. The third-order valence-electron chi connectivity index (χ3n) is 2.77. The number of rotatable bonds is 3. The van der Waals surface area contributed by atoms with E-state index in [0.29, 0.717) is 6.04 Å². The van der Waals surface area contributed by atoms with E-state index >= 15 is 0 Å². The van der Waals surface area contributed by atoms with Crippen LogP contribution in [0.25, 0.3) is 0 Å². The molecule has 2 heterocycles. The van der Waals surface area contributed by atoms with Crippen molar-refractivity contribution in [1.82, 2.24) is 9.97 Å². The molecule has 0 amide bonds. The zero-order chi connectivity index (χ0) is 11.4. The van der Waals surface area contributed by atoms with Gasteiger partial charge in [-0.2, -0.15) is 0 Å². The Morgan fingerprint density at radius 3 is 3.06 bits per heavy atom. The Bertz CT molecular complexity index is 348. The summed E-state index contributed by atoms with van der Waals surface area (Å²) in [4.78, 5) is 8.76. The maximum Gasteiger partial charge on any atom is 0.130 e. The lowest BCUT2D eigenvalue weighted by Crippen LogP contribution is -2.30. The minimum Gasteiger partial charge on any atom is -0.379 e. The summed E-state index contributed by atoms with van der Waals surface area (Å²) in [5, 5.41) is 3.42. The van der Waals surface area contributed by atoms with Gasteiger partial charge in [0.05, 0.1) is 12.6 Å². The minimum atomic E-state index is 0.396. The fourth-order valence-electron chi connectivity index (χ4n) is 1.95. The molecule has 4 nitrogen and oxygen atoms in total. The molecule has 0 saturated carbocycles. The quantitative estimate of drug-likeness (QED) is 0.847. The van der Waals surface area contributed by atoms with Gasteiger partial charge < -0.3 is 10.1 Å². The van der Waals surface area contributed by atoms with Crippen molar-refractivity contribution in [2.75, 3.05) is 18.5 Å². The van der Waals surface area contributed by atoms with E-state index < -0.39 is 0 Å². The van der Waals surface area contributed by atoms with Crippen LogP contribution in [-0.4, -0.2) is 29.2 Å². The smallest absolute Gasteiger partial charge is 0.130 e. The van der Waals surface area contributed by atoms with E-state index in [9.17, 15) is 0 Å². The van der Waals surface area contributed by atoms with Crippen LogP contribution in [0.15, 0.2) is 6.07 Å². The van der Waals surface area contributed by atoms with Crippen molar-refractivity contribution in [2.24, 2.45) is 0 Å². The van der Waals surface area contributed by atoms with Gasteiger partial charge >= 0.3 is 0 Å². The first kappa shape index (κ1) is 11.3. The predicted octanol–water partition coefficient (Wildman–Crippen LogP) is 1.94. The van der Waals surface area contributed by atoms with Crippen LogP contribution in [0, 0.1) is 6.92 Å². The van der Waals surface area contributed by atoms with Gasteiger partial charge in [-0.1, -0.05) is 6.92 Å². The second kappa shape index (κ2) is 5.25. The van der Waals surface area contributed by atoms with Crippen LogP contribution in [0.1, 0.15) is 31.3 Å². The highest BCUT2D eigenvalue weighted by atomic mass is 16.5. The average Bonchev–Trinajstić information content (AvgIpc) is 2.29. The Labute approximate surface area is 96.4 Å². The highest BCUT2D eigenvalue weighted by molar-refractivity contribution is 5.37. The van der Waals surface area contributed by atoms with Crippen molar-refractivity contribution in [1.29, 1.82) is 0 Å². The molecule has 1 N–H and O–H groups in total. The van der Waals surface area contributed by atoms with Gasteiger partial charge in [0.15, 0.2) is 0 Å². The van der Waals surface area contributed by atoms with Gasteiger partial charge in [-0.3, -0.25) is 0 Å². The number of anilines is 1. The molecule has 88 valence electrons. The van der Waals surface area contributed by atoms with Gasteiger partial charge in [-0.25, -0.2) is 9.97 Å². The summed E-state index contributed by atoms with van der Waals surface area (Å²) in [7, 11) is 0. The van der Waals surface area contributed by atoms with E-state index in [-0.39, 0.29) is 0 Å². The molecule has 1 saturated heterocycles. The fraction of sp³-hybridized carbons (Fsp3) is 0.667. The van der Waals surface area contributed by atoms with Crippen molar-refractivity contribution in [3.05, 3.63) is 17.6 Å². The van der Waals surface area contributed by atoms with Crippen LogP contribution in [0.5, 0.6) is 0 Å². The van der Waals surface area contributed by atoms with Crippen LogP contribution in [0.2, 0.25) is 0 Å². The predicted molar refractivity (Wildman–Crippen MR) is 63.6 cm³/mol. The van der Waals surface area contributed by atoms with E-state index in [2.05, 4.69) is 22.2 Å². The van der Waals surface area contributed by atoms with Crippen molar-refractivity contribution in [2.45, 2.75) is 39.2 Å². The SMILES string of the molecule is CCc1cc(NC2CCCOC2)nc(C)n1. The number of ether oxygens (including phenoxy) is 1. The molecule has 1 atom stereocenters. The topological polar surface area (TPSA) is 47.0 Å². The summed E-state index contributed by atoms with van der Waals surface area (Å²) in [6.07, 6.45) is 3.23. The van der Waals surface area contributed by atoms with E-state index in [0.717, 1.165) is 49.8 Å². The zero-order valence-electron chi connectivity index (χ0n) is 9.99. The first-order valence-corrected chi connectivity index (χ1v) is 5.96. The minimum absolute atomic E-state index is 0.396. The highest BCUT2D eigenvalue weighted by Crippen LogP contribution is 2.13. The van der Waals surface area contributed by atoms with Gasteiger partial charge in [-0.15, -0.1) is 0 Å². The first-order chi connectivity index (χ1) is 7.78. The highest BCUT2D eigenvalue weighted by Gasteiger charge is 2.14. The monoisotopic (exact) mass is 221 g/mol. The Kier molecular flexibility index (Phi) is 3.72. The van der Waals surface area contributed by atoms with Gasteiger partial charge in [0.1, 0.15) is 11.6 Å². The lowest BCUT2D eigenvalue weighted by molar-refractivity contribution is 0.0875. The van der Waals surface area contributed by atoms with Gasteiger partial charge in [-0.05, 0) is 26.2 Å². The van der Waals surface area contributed by atoms with Gasteiger partial charge in [0.2, 0.25) is 0 Å². The van der Waals surface area contributed by atoms with Crippen LogP contribution in [0.3, 0.4) is 0 Å². The van der Waals surface area contributed by atoms with E-state index in [4.69, 9.17) is 4.74 Å². The Hall–Kier alpha value is -1.16. The molecule has 0 aliphatic carbocycles. The number of aromatic nitrogens is 2. The normalized spacial score (nSPS) is 20.8. The van der Waals surface area contributed by atoms with Crippen LogP contribution < -0.4 is 5.32 Å². The molecule has 1 aromatic rings. The molecule has 16 heavy (non-hydrogen) atoms. The number of nitrogens with one attached hydrogen (secondary N) is 1. The fourth-order valence-corrected chi connectivity index (χ4v) is 1.95. The summed E-state index contributed by atoms with van der Waals surface area (Å²) < 4.78 is 5.44. The number of nitrogens with zero attached hydrogens (tertiary/aromatic N) is 2. The Morgan fingerprint density at radius 1 is 1.50 bits per heavy atom. The van der Waals surface area contributed by atoms with E-state index in [1.54, 1.807) is 0 Å². The van der Waals surface area contributed by atoms with Crippen LogP contribution >= 0.6 is 0 Å². The standard InChI is InChI=1S/C12H19N3O/c1-3-10-7-12(14-9(2)13-10)15-11-5-4-6-16-8-11/h7,11H,3-6,8H2,1-2H3,(H,13,14,15). The number of aryl methyl sites for hydroxylation is 2. The molecule has 2 rings (SSSR count). The summed E-state index contributed by atoms with van der Waals surface area (Å²) in [5.74, 6) is 1.76. The largest absolute Gasteiger partial charge is 0.379 e. The molecule has 0 spiro atoms. The maximum absolute atomic E-state index is 5.44.